The number of benzene rings is 4. The molecule has 0 spiro atoms. The Morgan fingerprint density at radius 1 is 0.722 bits per heavy atom. The normalized spacial score (nSPS) is 13.9. The zero-order chi connectivity index (χ0) is 24.8. The van der Waals surface area contributed by atoms with Crippen molar-refractivity contribution in [1.29, 1.82) is 0 Å². The van der Waals surface area contributed by atoms with Gasteiger partial charge in [0.15, 0.2) is 0 Å². The molecule has 0 radical (unpaired) electrons. The maximum absolute atomic E-state index is 6.21. The van der Waals surface area contributed by atoms with Crippen LogP contribution in [0.1, 0.15) is 56.2 Å². The summed E-state index contributed by atoms with van der Waals surface area (Å²) < 4.78 is 6.21. The maximum atomic E-state index is 6.21. The van der Waals surface area contributed by atoms with E-state index in [4.69, 9.17) is 9.41 Å². The van der Waals surface area contributed by atoms with Crippen molar-refractivity contribution in [3.8, 4) is 11.1 Å². The average molecular weight is 473 g/mol. The van der Waals surface area contributed by atoms with Crippen molar-refractivity contribution >= 4 is 33.5 Å². The van der Waals surface area contributed by atoms with Crippen LogP contribution < -0.4 is 4.90 Å². The Hall–Kier alpha value is -3.85. The Labute approximate surface area is 213 Å². The predicted octanol–water partition coefficient (Wildman–Crippen LogP) is 8.77. The standard InChI is InChI=1S/C33H32N2O/c1-21(2)27-19-24(23-11-6-5-7-12-23)20-28(22(3)4)32(27)35-18-17-34-33(35)26-14-10-16-30-31(26)25-13-8-9-15-29(25)36-30/h5-16,19-22H,17-18H2,1-4H3. The summed E-state index contributed by atoms with van der Waals surface area (Å²) in [5.41, 5.74) is 9.59. The molecule has 0 aliphatic carbocycles. The highest BCUT2D eigenvalue weighted by Crippen LogP contribution is 2.42. The first kappa shape index (κ1) is 22.6. The van der Waals surface area contributed by atoms with Gasteiger partial charge in [0.25, 0.3) is 0 Å². The first-order chi connectivity index (χ1) is 17.5. The van der Waals surface area contributed by atoms with Gasteiger partial charge in [-0.25, -0.2) is 0 Å². The lowest BCUT2D eigenvalue weighted by Gasteiger charge is -2.30. The van der Waals surface area contributed by atoms with Crippen molar-refractivity contribution in [1.82, 2.24) is 0 Å². The summed E-state index contributed by atoms with van der Waals surface area (Å²) in [7, 11) is 0. The Morgan fingerprint density at radius 3 is 2.11 bits per heavy atom. The third-order valence-electron chi connectivity index (χ3n) is 7.27. The zero-order valence-electron chi connectivity index (χ0n) is 21.5. The van der Waals surface area contributed by atoms with Gasteiger partial charge in [0.2, 0.25) is 0 Å². The molecular weight excluding hydrogens is 440 g/mol. The van der Waals surface area contributed by atoms with Gasteiger partial charge in [-0.1, -0.05) is 88.4 Å². The summed E-state index contributed by atoms with van der Waals surface area (Å²) >= 11 is 0. The number of rotatable bonds is 5. The molecule has 0 unspecified atom stereocenters. The van der Waals surface area contributed by atoms with Crippen LogP contribution in [0.2, 0.25) is 0 Å². The molecule has 180 valence electrons. The minimum atomic E-state index is 0.383. The number of furan rings is 1. The Kier molecular flexibility index (Phi) is 5.64. The van der Waals surface area contributed by atoms with E-state index in [2.05, 4.69) is 105 Å². The molecule has 6 rings (SSSR count). The second-order valence-electron chi connectivity index (χ2n) is 10.3. The fourth-order valence-electron chi connectivity index (χ4n) is 5.53. The highest BCUT2D eigenvalue weighted by Gasteiger charge is 2.29. The van der Waals surface area contributed by atoms with Gasteiger partial charge in [0, 0.05) is 28.6 Å². The quantitative estimate of drug-likeness (QED) is 0.256. The minimum absolute atomic E-state index is 0.383. The average Bonchev–Trinajstić information content (AvgIpc) is 3.53. The van der Waals surface area contributed by atoms with Gasteiger partial charge in [0.1, 0.15) is 17.0 Å². The summed E-state index contributed by atoms with van der Waals surface area (Å²) in [6.07, 6.45) is 0. The first-order valence-electron chi connectivity index (χ1n) is 13.0. The third-order valence-corrected chi connectivity index (χ3v) is 7.27. The summed E-state index contributed by atoms with van der Waals surface area (Å²) in [5.74, 6) is 1.81. The minimum Gasteiger partial charge on any atom is -0.456 e. The summed E-state index contributed by atoms with van der Waals surface area (Å²) in [5, 5.41) is 2.29. The Bertz CT molecular complexity index is 1560. The maximum Gasteiger partial charge on any atom is 0.136 e. The van der Waals surface area contributed by atoms with E-state index in [1.165, 1.54) is 27.9 Å². The van der Waals surface area contributed by atoms with Gasteiger partial charge in [-0.3, -0.25) is 4.99 Å². The lowest BCUT2D eigenvalue weighted by atomic mass is 9.87. The molecule has 1 aromatic heterocycles. The number of nitrogens with zero attached hydrogens (tertiary/aromatic N) is 2. The molecule has 1 aliphatic heterocycles. The molecule has 2 heterocycles. The van der Waals surface area contributed by atoms with Crippen LogP contribution >= 0.6 is 0 Å². The molecule has 4 aromatic carbocycles. The molecule has 0 amide bonds. The van der Waals surface area contributed by atoms with Gasteiger partial charge in [-0.05, 0) is 58.4 Å². The van der Waals surface area contributed by atoms with Gasteiger partial charge >= 0.3 is 0 Å². The molecule has 0 fully saturated rings. The fraction of sp³-hybridized carbons (Fsp3) is 0.242. The Balaban J connectivity index is 1.56. The van der Waals surface area contributed by atoms with Crippen LogP contribution in [-0.2, 0) is 0 Å². The van der Waals surface area contributed by atoms with Crippen molar-refractivity contribution in [2.24, 2.45) is 4.99 Å². The molecule has 5 aromatic rings. The van der Waals surface area contributed by atoms with E-state index in [1.54, 1.807) is 0 Å². The van der Waals surface area contributed by atoms with E-state index < -0.39 is 0 Å². The second-order valence-corrected chi connectivity index (χ2v) is 10.3. The van der Waals surface area contributed by atoms with E-state index >= 15 is 0 Å². The first-order valence-corrected chi connectivity index (χ1v) is 13.0. The van der Waals surface area contributed by atoms with Gasteiger partial charge in [-0.15, -0.1) is 0 Å². The number of para-hydroxylation sites is 1. The van der Waals surface area contributed by atoms with Gasteiger partial charge in [0.05, 0.1) is 6.54 Å². The van der Waals surface area contributed by atoms with E-state index in [1.807, 2.05) is 12.1 Å². The number of hydrogen-bond donors (Lipinski definition) is 0. The summed E-state index contributed by atoms with van der Waals surface area (Å²) in [6, 6.07) is 30.2. The van der Waals surface area contributed by atoms with Crippen LogP contribution in [0, 0.1) is 0 Å². The topological polar surface area (TPSA) is 28.7 Å². The van der Waals surface area contributed by atoms with Gasteiger partial charge < -0.3 is 9.32 Å². The molecule has 1 aliphatic rings. The molecule has 36 heavy (non-hydrogen) atoms. The smallest absolute Gasteiger partial charge is 0.136 e. The van der Waals surface area contributed by atoms with Crippen LogP contribution in [-0.4, -0.2) is 18.9 Å². The SMILES string of the molecule is CC(C)c1cc(-c2ccccc2)cc(C(C)C)c1N1CCN=C1c1cccc2oc3ccccc3c12. The number of anilines is 1. The van der Waals surface area contributed by atoms with Crippen LogP contribution in [0.3, 0.4) is 0 Å². The Morgan fingerprint density at radius 2 is 1.39 bits per heavy atom. The molecule has 0 bridgehead atoms. The van der Waals surface area contributed by atoms with Gasteiger partial charge in [-0.2, -0.15) is 0 Å². The fourth-order valence-corrected chi connectivity index (χ4v) is 5.53. The third kappa shape index (κ3) is 3.71. The highest BCUT2D eigenvalue weighted by atomic mass is 16.3. The lowest BCUT2D eigenvalue weighted by molar-refractivity contribution is 0.669. The zero-order valence-corrected chi connectivity index (χ0v) is 21.5. The number of fused-ring (bicyclic) bond motifs is 3. The van der Waals surface area contributed by atoms with Crippen molar-refractivity contribution < 1.29 is 4.42 Å². The van der Waals surface area contributed by atoms with E-state index in [9.17, 15) is 0 Å². The number of amidine groups is 1. The van der Waals surface area contributed by atoms with Crippen molar-refractivity contribution in [2.45, 2.75) is 39.5 Å². The summed E-state index contributed by atoms with van der Waals surface area (Å²) in [4.78, 5) is 7.55. The molecule has 0 saturated heterocycles. The van der Waals surface area contributed by atoms with Crippen molar-refractivity contribution in [2.75, 3.05) is 18.0 Å². The van der Waals surface area contributed by atoms with Crippen LogP contribution in [0.4, 0.5) is 5.69 Å². The largest absolute Gasteiger partial charge is 0.456 e. The summed E-state index contributed by atoms with van der Waals surface area (Å²) in [6.45, 7) is 10.9. The van der Waals surface area contributed by atoms with E-state index in [0.29, 0.717) is 11.8 Å². The number of aliphatic imine (C=N–C) groups is 1. The molecule has 3 nitrogen and oxygen atoms in total. The lowest BCUT2D eigenvalue weighted by Crippen LogP contribution is -2.30. The second kappa shape index (κ2) is 8.98. The molecule has 3 heteroatoms. The van der Waals surface area contributed by atoms with Crippen LogP contribution in [0.25, 0.3) is 33.1 Å². The molecular formula is C33H32N2O. The molecule has 0 atom stereocenters. The molecule has 0 saturated carbocycles. The highest BCUT2D eigenvalue weighted by molar-refractivity contribution is 6.23. The monoisotopic (exact) mass is 472 g/mol. The van der Waals surface area contributed by atoms with Crippen molar-refractivity contribution in [3.63, 3.8) is 0 Å². The number of hydrogen-bond acceptors (Lipinski definition) is 3. The molecule has 0 N–H and O–H groups in total. The van der Waals surface area contributed by atoms with E-state index in [-0.39, 0.29) is 0 Å². The van der Waals surface area contributed by atoms with E-state index in [0.717, 1.165) is 46.4 Å². The van der Waals surface area contributed by atoms with Crippen LogP contribution in [0.5, 0.6) is 0 Å². The van der Waals surface area contributed by atoms with Crippen molar-refractivity contribution in [3.05, 3.63) is 102 Å². The van der Waals surface area contributed by atoms with Crippen LogP contribution in [0.15, 0.2) is 94.3 Å². The predicted molar refractivity (Wildman–Crippen MR) is 153 cm³/mol.